The van der Waals surface area contributed by atoms with Crippen LogP contribution in [-0.4, -0.2) is 42.9 Å². The summed E-state index contributed by atoms with van der Waals surface area (Å²) in [6, 6.07) is 15.5. The molecule has 0 saturated carbocycles. The van der Waals surface area contributed by atoms with Crippen molar-refractivity contribution in [3.8, 4) is 0 Å². The van der Waals surface area contributed by atoms with Crippen molar-refractivity contribution in [2.45, 2.75) is 24.2 Å². The van der Waals surface area contributed by atoms with E-state index in [1.165, 1.54) is 34.0 Å². The largest absolute Gasteiger partial charge is 0.331 e. The van der Waals surface area contributed by atoms with E-state index in [9.17, 15) is 13.2 Å². The first-order valence-corrected chi connectivity index (χ1v) is 13.0. The van der Waals surface area contributed by atoms with Crippen LogP contribution < -0.4 is 10.7 Å². The van der Waals surface area contributed by atoms with Gasteiger partial charge in [0, 0.05) is 24.3 Å². The monoisotopic (exact) mass is 503 g/mol. The van der Waals surface area contributed by atoms with Gasteiger partial charge >= 0.3 is 0 Å². The van der Waals surface area contributed by atoms with Crippen LogP contribution in [0.15, 0.2) is 64.6 Å². The van der Waals surface area contributed by atoms with Gasteiger partial charge in [0.1, 0.15) is 0 Å². The molecule has 33 heavy (non-hydrogen) atoms. The maximum Gasteiger partial charge on any atom is 0.271 e. The summed E-state index contributed by atoms with van der Waals surface area (Å²) in [5.74, 6) is -0.523. The molecule has 0 spiro atoms. The molecule has 172 valence electrons. The number of rotatable bonds is 7. The molecule has 1 fully saturated rings. The lowest BCUT2D eigenvalue weighted by Crippen LogP contribution is -2.35. The first-order valence-electron chi connectivity index (χ1n) is 10.4. The quantitative estimate of drug-likeness (QED) is 0.365. The number of piperidine rings is 1. The Labute approximate surface area is 201 Å². The molecule has 0 radical (unpaired) electrons. The molecule has 1 amide bonds. The van der Waals surface area contributed by atoms with Crippen molar-refractivity contribution < 1.29 is 13.2 Å². The van der Waals surface area contributed by atoms with Crippen molar-refractivity contribution in [3.63, 3.8) is 0 Å². The van der Waals surface area contributed by atoms with Crippen molar-refractivity contribution in [1.29, 1.82) is 0 Å². The van der Waals surface area contributed by atoms with E-state index in [0.29, 0.717) is 23.1 Å². The highest BCUT2D eigenvalue weighted by molar-refractivity contribution is 7.89. The number of thiazole rings is 1. The highest BCUT2D eigenvalue weighted by atomic mass is 35.5. The van der Waals surface area contributed by atoms with Gasteiger partial charge in [-0.15, -0.1) is 0 Å². The molecular weight excluding hydrogens is 482 g/mol. The molecule has 1 aliphatic heterocycles. The smallest absolute Gasteiger partial charge is 0.271 e. The van der Waals surface area contributed by atoms with E-state index in [-0.39, 0.29) is 15.6 Å². The molecule has 11 heteroatoms. The summed E-state index contributed by atoms with van der Waals surface area (Å²) in [6.07, 6.45) is 4.12. The lowest BCUT2D eigenvalue weighted by molar-refractivity contribution is 0.0955. The van der Waals surface area contributed by atoms with E-state index in [0.717, 1.165) is 24.9 Å². The van der Waals surface area contributed by atoms with Gasteiger partial charge in [0.05, 0.1) is 16.0 Å². The number of halogens is 1. The van der Waals surface area contributed by atoms with Gasteiger partial charge in [-0.25, -0.2) is 18.8 Å². The molecule has 0 unspecified atom stereocenters. The Morgan fingerprint density at radius 2 is 1.85 bits per heavy atom. The molecule has 3 aromatic rings. The van der Waals surface area contributed by atoms with Crippen LogP contribution in [0.4, 0.5) is 10.8 Å². The third-order valence-electron chi connectivity index (χ3n) is 5.03. The maximum absolute atomic E-state index is 12.9. The number of hydrogen-bond acceptors (Lipinski definition) is 7. The van der Waals surface area contributed by atoms with E-state index in [4.69, 9.17) is 11.6 Å². The van der Waals surface area contributed by atoms with Crippen LogP contribution in [0.1, 0.15) is 34.5 Å². The van der Waals surface area contributed by atoms with Gasteiger partial charge in [0.25, 0.3) is 5.91 Å². The summed E-state index contributed by atoms with van der Waals surface area (Å²) >= 11 is 7.46. The van der Waals surface area contributed by atoms with Crippen molar-refractivity contribution in [1.82, 2.24) is 14.7 Å². The minimum Gasteiger partial charge on any atom is -0.331 e. The SMILES string of the molecule is O=C(N/N=C\c1sc(Nc2ccccc2)nc1Cl)c1cccc(S(=O)(=O)N2CCCCC2)c1. The molecular formula is C22H22ClN5O3S2. The summed E-state index contributed by atoms with van der Waals surface area (Å²) in [4.78, 5) is 17.4. The van der Waals surface area contributed by atoms with E-state index in [1.54, 1.807) is 12.1 Å². The third kappa shape index (κ3) is 5.77. The topological polar surface area (TPSA) is 104 Å². The number of hydrogen-bond donors (Lipinski definition) is 2. The Hall–Kier alpha value is -2.79. The molecule has 1 aromatic heterocycles. The highest BCUT2D eigenvalue weighted by Crippen LogP contribution is 2.28. The number of nitrogens with one attached hydrogen (secondary N) is 2. The second-order valence-electron chi connectivity index (χ2n) is 7.36. The molecule has 2 N–H and O–H groups in total. The molecule has 0 aliphatic carbocycles. The van der Waals surface area contributed by atoms with Gasteiger partial charge < -0.3 is 5.32 Å². The van der Waals surface area contributed by atoms with Gasteiger partial charge in [0.2, 0.25) is 10.0 Å². The number of carbonyl (C=O) groups excluding carboxylic acids is 1. The molecule has 1 aliphatic rings. The first-order chi connectivity index (χ1) is 15.9. The van der Waals surface area contributed by atoms with Crippen LogP contribution in [0, 0.1) is 0 Å². The number of benzene rings is 2. The third-order valence-corrected chi connectivity index (χ3v) is 8.23. The van der Waals surface area contributed by atoms with E-state index < -0.39 is 15.9 Å². The van der Waals surface area contributed by atoms with Crippen LogP contribution >= 0.6 is 22.9 Å². The number of anilines is 2. The van der Waals surface area contributed by atoms with Gasteiger partial charge in [0.15, 0.2) is 10.3 Å². The first kappa shape index (κ1) is 23.4. The van der Waals surface area contributed by atoms with E-state index in [1.807, 2.05) is 30.3 Å². The van der Waals surface area contributed by atoms with Crippen LogP contribution in [0.3, 0.4) is 0 Å². The molecule has 0 atom stereocenters. The lowest BCUT2D eigenvalue weighted by Gasteiger charge is -2.25. The number of para-hydroxylation sites is 1. The van der Waals surface area contributed by atoms with Gasteiger partial charge in [-0.1, -0.05) is 53.6 Å². The van der Waals surface area contributed by atoms with Crippen molar-refractivity contribution in [2.24, 2.45) is 5.10 Å². The van der Waals surface area contributed by atoms with Crippen LogP contribution in [0.25, 0.3) is 0 Å². The number of carbonyl (C=O) groups is 1. The zero-order chi connectivity index (χ0) is 23.3. The number of amides is 1. The summed E-state index contributed by atoms with van der Waals surface area (Å²) in [7, 11) is -3.63. The van der Waals surface area contributed by atoms with E-state index >= 15 is 0 Å². The molecule has 2 aromatic carbocycles. The standard InChI is InChI=1S/C22H22ClN5O3S2/c23-20-19(32-22(26-20)25-17-9-3-1-4-10-17)15-24-27-21(29)16-8-7-11-18(14-16)33(30,31)28-12-5-2-6-13-28/h1,3-4,7-11,14-15H,2,5-6,12-13H2,(H,25,26)(H,27,29)/b24-15-. The molecule has 4 rings (SSSR count). The van der Waals surface area contributed by atoms with Crippen LogP contribution in [-0.2, 0) is 10.0 Å². The number of aromatic nitrogens is 1. The highest BCUT2D eigenvalue weighted by Gasteiger charge is 2.26. The minimum absolute atomic E-state index is 0.100. The predicted molar refractivity (Wildman–Crippen MR) is 131 cm³/mol. The number of nitrogens with zero attached hydrogens (tertiary/aromatic N) is 3. The average molecular weight is 504 g/mol. The zero-order valence-electron chi connectivity index (χ0n) is 17.6. The second kappa shape index (κ2) is 10.4. The number of hydrazone groups is 1. The Morgan fingerprint density at radius 3 is 2.61 bits per heavy atom. The normalized spacial score (nSPS) is 14.9. The van der Waals surface area contributed by atoms with Crippen LogP contribution in [0.2, 0.25) is 5.15 Å². The fraction of sp³-hybridized carbons (Fsp3) is 0.227. The lowest BCUT2D eigenvalue weighted by atomic mass is 10.2. The summed E-state index contributed by atoms with van der Waals surface area (Å²) < 4.78 is 27.2. The molecule has 8 nitrogen and oxygen atoms in total. The number of sulfonamides is 1. The molecule has 0 bridgehead atoms. The Bertz CT molecular complexity index is 1260. The van der Waals surface area contributed by atoms with Crippen molar-refractivity contribution in [3.05, 3.63) is 70.2 Å². The van der Waals surface area contributed by atoms with Crippen molar-refractivity contribution in [2.75, 3.05) is 18.4 Å². The molecule has 1 saturated heterocycles. The second-order valence-corrected chi connectivity index (χ2v) is 10.7. The molecule has 2 heterocycles. The Kier molecular flexibility index (Phi) is 7.39. The van der Waals surface area contributed by atoms with Gasteiger partial charge in [-0.3, -0.25) is 4.79 Å². The fourth-order valence-electron chi connectivity index (χ4n) is 3.36. The minimum atomic E-state index is -3.63. The van der Waals surface area contributed by atoms with Gasteiger partial charge in [-0.2, -0.15) is 9.41 Å². The fourth-order valence-corrected chi connectivity index (χ4v) is 5.97. The summed E-state index contributed by atoms with van der Waals surface area (Å²) in [6.45, 7) is 1.000. The van der Waals surface area contributed by atoms with E-state index in [2.05, 4.69) is 20.8 Å². The Balaban J connectivity index is 1.41. The van der Waals surface area contributed by atoms with Crippen LogP contribution in [0.5, 0.6) is 0 Å². The summed E-state index contributed by atoms with van der Waals surface area (Å²) in [5, 5.41) is 7.95. The maximum atomic E-state index is 12.9. The average Bonchev–Trinajstić information content (AvgIpc) is 3.19. The summed E-state index contributed by atoms with van der Waals surface area (Å²) in [5.41, 5.74) is 3.49. The van der Waals surface area contributed by atoms with Gasteiger partial charge in [-0.05, 0) is 43.2 Å². The zero-order valence-corrected chi connectivity index (χ0v) is 20.0. The van der Waals surface area contributed by atoms with Crippen molar-refractivity contribution >= 4 is 55.9 Å². The predicted octanol–water partition coefficient (Wildman–Crippen LogP) is 4.48. The Morgan fingerprint density at radius 1 is 1.09 bits per heavy atom.